The topological polar surface area (TPSA) is 78.0 Å². The van der Waals surface area contributed by atoms with Crippen LogP contribution in [-0.2, 0) is 9.53 Å². The molecule has 2 saturated heterocycles. The number of nitrogens with one attached hydrogen (secondary N) is 3. The molecular formula is C19H37N5O2. The number of piperidine rings is 1. The molecule has 0 radical (unpaired) electrons. The minimum Gasteiger partial charge on any atom is -0.381 e. The lowest BCUT2D eigenvalue weighted by Gasteiger charge is -2.34. The van der Waals surface area contributed by atoms with Gasteiger partial charge in [-0.15, -0.1) is 0 Å². The highest BCUT2D eigenvalue weighted by atomic mass is 16.5. The number of rotatable bonds is 6. The summed E-state index contributed by atoms with van der Waals surface area (Å²) in [6.45, 7) is 12.3. The van der Waals surface area contributed by atoms with Gasteiger partial charge in [0, 0.05) is 57.8 Å². The minimum atomic E-state index is -0.349. The first-order valence-electron chi connectivity index (χ1n) is 9.94. The van der Waals surface area contributed by atoms with Crippen LogP contribution in [0.1, 0.15) is 40.0 Å². The van der Waals surface area contributed by atoms with Gasteiger partial charge >= 0.3 is 0 Å². The molecule has 1 atom stereocenters. The average molecular weight is 368 g/mol. The van der Waals surface area contributed by atoms with Crippen molar-refractivity contribution in [3.05, 3.63) is 0 Å². The van der Waals surface area contributed by atoms with Gasteiger partial charge in [0.1, 0.15) is 0 Å². The second-order valence-corrected chi connectivity index (χ2v) is 8.45. The lowest BCUT2D eigenvalue weighted by molar-refractivity contribution is -0.128. The first-order valence-corrected chi connectivity index (χ1v) is 9.94. The van der Waals surface area contributed by atoms with E-state index in [2.05, 4.69) is 25.8 Å². The molecule has 0 aromatic heterocycles. The molecule has 2 fully saturated rings. The second-order valence-electron chi connectivity index (χ2n) is 8.45. The number of carbonyl (C=O) groups excluding carboxylic acids is 1. The third-order valence-electron chi connectivity index (χ3n) is 5.08. The second kappa shape index (κ2) is 10.1. The van der Waals surface area contributed by atoms with Crippen molar-refractivity contribution in [3.8, 4) is 0 Å². The standard InChI is InChI=1S/C19H37N5O2/c1-19(2,3)17(25)21-8-9-22-18(20-4)23-16-5-10-24(11-6-16)13-15-7-12-26-14-15/h15-16H,5-14H2,1-4H3,(H,21,25)(H2,20,22,23). The van der Waals surface area contributed by atoms with Crippen molar-refractivity contribution in [2.45, 2.75) is 46.1 Å². The Morgan fingerprint density at radius 3 is 2.42 bits per heavy atom. The molecule has 2 rings (SSSR count). The largest absolute Gasteiger partial charge is 0.381 e. The molecule has 7 heteroatoms. The van der Waals surface area contributed by atoms with Gasteiger partial charge in [-0.25, -0.2) is 0 Å². The van der Waals surface area contributed by atoms with E-state index < -0.39 is 0 Å². The maximum atomic E-state index is 11.9. The summed E-state index contributed by atoms with van der Waals surface area (Å²) in [7, 11) is 1.79. The highest BCUT2D eigenvalue weighted by molar-refractivity contribution is 5.82. The van der Waals surface area contributed by atoms with Crippen LogP contribution in [0, 0.1) is 11.3 Å². The van der Waals surface area contributed by atoms with E-state index in [1.54, 1.807) is 7.05 Å². The molecule has 0 saturated carbocycles. The Kier molecular flexibility index (Phi) is 8.15. The number of hydrogen-bond donors (Lipinski definition) is 3. The number of amides is 1. The van der Waals surface area contributed by atoms with Crippen LogP contribution in [0.25, 0.3) is 0 Å². The van der Waals surface area contributed by atoms with Crippen molar-refractivity contribution in [1.82, 2.24) is 20.9 Å². The molecule has 2 aliphatic heterocycles. The molecule has 7 nitrogen and oxygen atoms in total. The van der Waals surface area contributed by atoms with Crippen molar-refractivity contribution in [2.24, 2.45) is 16.3 Å². The molecule has 26 heavy (non-hydrogen) atoms. The highest BCUT2D eigenvalue weighted by Crippen LogP contribution is 2.17. The number of likely N-dealkylation sites (tertiary alicyclic amines) is 1. The van der Waals surface area contributed by atoms with Crippen molar-refractivity contribution < 1.29 is 9.53 Å². The summed E-state index contributed by atoms with van der Waals surface area (Å²) in [5.74, 6) is 1.61. The predicted molar refractivity (Wildman–Crippen MR) is 105 cm³/mol. The number of nitrogens with zero attached hydrogens (tertiary/aromatic N) is 2. The van der Waals surface area contributed by atoms with Crippen LogP contribution in [0.15, 0.2) is 4.99 Å². The Labute approximate surface area is 158 Å². The van der Waals surface area contributed by atoms with E-state index in [-0.39, 0.29) is 11.3 Å². The zero-order valence-corrected chi connectivity index (χ0v) is 16.9. The number of guanidine groups is 1. The van der Waals surface area contributed by atoms with Gasteiger partial charge in [-0.3, -0.25) is 9.79 Å². The predicted octanol–water partition coefficient (Wildman–Crippen LogP) is 0.815. The van der Waals surface area contributed by atoms with Crippen LogP contribution in [0.5, 0.6) is 0 Å². The molecule has 0 bridgehead atoms. The maximum absolute atomic E-state index is 11.9. The van der Waals surface area contributed by atoms with E-state index in [1.165, 1.54) is 13.0 Å². The van der Waals surface area contributed by atoms with Crippen molar-refractivity contribution in [1.29, 1.82) is 0 Å². The zero-order valence-electron chi connectivity index (χ0n) is 16.9. The molecular weight excluding hydrogens is 330 g/mol. The summed E-state index contributed by atoms with van der Waals surface area (Å²) < 4.78 is 5.48. The Hall–Kier alpha value is -1.34. The monoisotopic (exact) mass is 367 g/mol. The Bertz CT molecular complexity index is 461. The third kappa shape index (κ3) is 7.11. The summed E-state index contributed by atoms with van der Waals surface area (Å²) in [6.07, 6.45) is 3.48. The van der Waals surface area contributed by atoms with Gasteiger partial charge in [-0.1, -0.05) is 20.8 Å². The molecule has 0 spiro atoms. The minimum absolute atomic E-state index is 0.0716. The molecule has 0 aromatic rings. The van der Waals surface area contributed by atoms with Crippen LogP contribution >= 0.6 is 0 Å². The van der Waals surface area contributed by atoms with E-state index in [4.69, 9.17) is 4.74 Å². The molecule has 1 unspecified atom stereocenters. The summed E-state index contributed by atoms with van der Waals surface area (Å²) in [5.41, 5.74) is -0.349. The molecule has 2 heterocycles. The van der Waals surface area contributed by atoms with Crippen LogP contribution < -0.4 is 16.0 Å². The van der Waals surface area contributed by atoms with E-state index in [9.17, 15) is 4.79 Å². The average Bonchev–Trinajstić information content (AvgIpc) is 3.11. The van der Waals surface area contributed by atoms with Gasteiger partial charge < -0.3 is 25.6 Å². The van der Waals surface area contributed by atoms with Crippen LogP contribution in [0.4, 0.5) is 0 Å². The van der Waals surface area contributed by atoms with Crippen molar-refractivity contribution >= 4 is 11.9 Å². The third-order valence-corrected chi connectivity index (χ3v) is 5.08. The highest BCUT2D eigenvalue weighted by Gasteiger charge is 2.24. The van der Waals surface area contributed by atoms with E-state index >= 15 is 0 Å². The maximum Gasteiger partial charge on any atom is 0.225 e. The van der Waals surface area contributed by atoms with Gasteiger partial charge in [0.2, 0.25) is 5.91 Å². The van der Waals surface area contributed by atoms with Crippen LogP contribution in [-0.4, -0.2) is 75.8 Å². The molecule has 0 aromatic carbocycles. The molecule has 3 N–H and O–H groups in total. The zero-order chi connectivity index (χ0) is 19.0. The Balaban J connectivity index is 1.60. The fourth-order valence-corrected chi connectivity index (χ4v) is 3.36. The lowest BCUT2D eigenvalue weighted by atomic mass is 9.96. The first kappa shape index (κ1) is 21.0. The molecule has 150 valence electrons. The molecule has 1 amide bonds. The quantitative estimate of drug-likeness (QED) is 0.368. The summed E-state index contributed by atoms with van der Waals surface area (Å²) in [5, 5.41) is 9.75. The van der Waals surface area contributed by atoms with Gasteiger partial charge in [0.15, 0.2) is 5.96 Å². The van der Waals surface area contributed by atoms with Gasteiger partial charge in [0.25, 0.3) is 0 Å². The summed E-state index contributed by atoms with van der Waals surface area (Å²) in [4.78, 5) is 18.7. The van der Waals surface area contributed by atoms with E-state index in [1.807, 2.05) is 20.8 Å². The van der Waals surface area contributed by atoms with Crippen LogP contribution in [0.2, 0.25) is 0 Å². The number of ether oxygens (including phenoxy) is 1. The normalized spacial score (nSPS) is 23.1. The van der Waals surface area contributed by atoms with Gasteiger partial charge in [-0.05, 0) is 25.2 Å². The summed E-state index contributed by atoms with van der Waals surface area (Å²) >= 11 is 0. The van der Waals surface area contributed by atoms with Crippen molar-refractivity contribution in [2.75, 3.05) is 53.0 Å². The van der Waals surface area contributed by atoms with E-state index in [0.29, 0.717) is 19.1 Å². The van der Waals surface area contributed by atoms with Crippen LogP contribution in [0.3, 0.4) is 0 Å². The smallest absolute Gasteiger partial charge is 0.225 e. The number of aliphatic imine (C=N–C) groups is 1. The number of hydrogen-bond acceptors (Lipinski definition) is 4. The first-order chi connectivity index (χ1) is 12.4. The molecule has 2 aliphatic rings. The SMILES string of the molecule is CN=C(NCCNC(=O)C(C)(C)C)NC1CCN(CC2CCOC2)CC1. The Morgan fingerprint density at radius 1 is 1.15 bits per heavy atom. The fraction of sp³-hybridized carbons (Fsp3) is 0.895. The van der Waals surface area contributed by atoms with Gasteiger partial charge in [0.05, 0.1) is 6.61 Å². The summed E-state index contributed by atoms with van der Waals surface area (Å²) in [6, 6.07) is 0.460. The fourth-order valence-electron chi connectivity index (χ4n) is 3.36. The Morgan fingerprint density at radius 2 is 1.85 bits per heavy atom. The van der Waals surface area contributed by atoms with Gasteiger partial charge in [-0.2, -0.15) is 0 Å². The van der Waals surface area contributed by atoms with E-state index in [0.717, 1.165) is 51.0 Å². The molecule has 0 aliphatic carbocycles. The lowest BCUT2D eigenvalue weighted by Crippen LogP contribution is -2.50. The number of carbonyl (C=O) groups is 1. The van der Waals surface area contributed by atoms with Crippen molar-refractivity contribution in [3.63, 3.8) is 0 Å².